The van der Waals surface area contributed by atoms with Crippen molar-refractivity contribution in [1.29, 1.82) is 0 Å². The molecule has 0 aliphatic rings. The number of carbonyl (C=O) groups is 2. The standard InChI is InChI=1S/C24H26N2O3/c1-16(2)22(25-23(27)18-10-13-21(29-4)14-11-18)24(28)26(3)20-12-9-17-7-5-6-8-19(17)15-20/h5-16,22H,1-4H3,(H,25,27). The number of benzene rings is 3. The Hall–Kier alpha value is -3.34. The van der Waals surface area contributed by atoms with Gasteiger partial charge in [-0.25, -0.2) is 0 Å². The zero-order chi connectivity index (χ0) is 21.0. The summed E-state index contributed by atoms with van der Waals surface area (Å²) in [6.45, 7) is 3.84. The first-order valence-electron chi connectivity index (χ1n) is 9.62. The molecule has 1 unspecified atom stereocenters. The van der Waals surface area contributed by atoms with Gasteiger partial charge in [0, 0.05) is 18.3 Å². The lowest BCUT2D eigenvalue weighted by Gasteiger charge is -2.27. The molecule has 0 fully saturated rings. The molecule has 3 rings (SSSR count). The fourth-order valence-electron chi connectivity index (χ4n) is 3.20. The molecule has 0 aromatic heterocycles. The van der Waals surface area contributed by atoms with Crippen molar-refractivity contribution in [1.82, 2.24) is 5.32 Å². The van der Waals surface area contributed by atoms with E-state index in [0.717, 1.165) is 16.5 Å². The molecule has 0 aliphatic carbocycles. The molecule has 0 saturated carbocycles. The summed E-state index contributed by atoms with van der Waals surface area (Å²) >= 11 is 0. The monoisotopic (exact) mass is 390 g/mol. The minimum Gasteiger partial charge on any atom is -0.497 e. The summed E-state index contributed by atoms with van der Waals surface area (Å²) in [5.41, 5.74) is 1.27. The number of ether oxygens (including phenoxy) is 1. The van der Waals surface area contributed by atoms with Crippen molar-refractivity contribution < 1.29 is 14.3 Å². The number of likely N-dealkylation sites (N-methyl/N-ethyl adjacent to an activating group) is 1. The van der Waals surface area contributed by atoms with E-state index in [2.05, 4.69) is 5.32 Å². The van der Waals surface area contributed by atoms with Crippen molar-refractivity contribution in [2.75, 3.05) is 19.1 Å². The molecule has 0 saturated heterocycles. The summed E-state index contributed by atoms with van der Waals surface area (Å²) in [6, 6.07) is 20.1. The highest BCUT2D eigenvalue weighted by Gasteiger charge is 2.28. The van der Waals surface area contributed by atoms with E-state index in [9.17, 15) is 9.59 Å². The number of nitrogens with one attached hydrogen (secondary N) is 1. The van der Waals surface area contributed by atoms with Crippen molar-refractivity contribution in [3.63, 3.8) is 0 Å². The van der Waals surface area contributed by atoms with Gasteiger partial charge in [-0.2, -0.15) is 0 Å². The second kappa shape index (κ2) is 8.78. The minimum atomic E-state index is -0.638. The third-order valence-electron chi connectivity index (χ3n) is 5.02. The molecule has 3 aromatic rings. The van der Waals surface area contributed by atoms with Gasteiger partial charge in [-0.3, -0.25) is 9.59 Å². The van der Waals surface area contributed by atoms with E-state index < -0.39 is 6.04 Å². The van der Waals surface area contributed by atoms with Gasteiger partial charge in [-0.1, -0.05) is 44.2 Å². The molecular weight excluding hydrogens is 364 g/mol. The molecule has 2 amide bonds. The molecule has 1 N–H and O–H groups in total. The van der Waals surface area contributed by atoms with Gasteiger partial charge >= 0.3 is 0 Å². The Morgan fingerprint density at radius 3 is 2.21 bits per heavy atom. The number of amides is 2. The van der Waals surface area contributed by atoms with Crippen LogP contribution in [0.25, 0.3) is 10.8 Å². The number of methoxy groups -OCH3 is 1. The SMILES string of the molecule is COc1ccc(C(=O)NC(C(=O)N(C)c2ccc3ccccc3c2)C(C)C)cc1. The molecule has 0 spiro atoms. The van der Waals surface area contributed by atoms with Gasteiger partial charge in [0.2, 0.25) is 5.91 Å². The van der Waals surface area contributed by atoms with E-state index in [0.29, 0.717) is 11.3 Å². The predicted molar refractivity (Wildman–Crippen MR) is 116 cm³/mol. The Labute approximate surface area is 171 Å². The Kier molecular flexibility index (Phi) is 6.17. The number of nitrogens with zero attached hydrogens (tertiary/aromatic N) is 1. The van der Waals surface area contributed by atoms with Gasteiger partial charge in [-0.05, 0) is 53.1 Å². The first-order valence-corrected chi connectivity index (χ1v) is 9.62. The molecule has 29 heavy (non-hydrogen) atoms. The summed E-state index contributed by atoms with van der Waals surface area (Å²) in [6.07, 6.45) is 0. The van der Waals surface area contributed by atoms with Crippen LogP contribution in [0, 0.1) is 5.92 Å². The summed E-state index contributed by atoms with van der Waals surface area (Å²) in [5.74, 6) is 0.172. The van der Waals surface area contributed by atoms with Crippen molar-refractivity contribution in [2.24, 2.45) is 5.92 Å². The number of hydrogen-bond donors (Lipinski definition) is 1. The number of hydrogen-bond acceptors (Lipinski definition) is 3. The third kappa shape index (κ3) is 4.57. The highest BCUT2D eigenvalue weighted by molar-refractivity contribution is 6.03. The van der Waals surface area contributed by atoms with Crippen LogP contribution in [-0.4, -0.2) is 32.0 Å². The highest BCUT2D eigenvalue weighted by atomic mass is 16.5. The van der Waals surface area contributed by atoms with Gasteiger partial charge in [0.1, 0.15) is 11.8 Å². The summed E-state index contributed by atoms with van der Waals surface area (Å²) in [4.78, 5) is 27.5. The van der Waals surface area contributed by atoms with Crippen molar-refractivity contribution in [3.05, 3.63) is 72.3 Å². The first kappa shape index (κ1) is 20.4. The van der Waals surface area contributed by atoms with Gasteiger partial charge in [0.05, 0.1) is 7.11 Å². The fraction of sp³-hybridized carbons (Fsp3) is 0.250. The van der Waals surface area contributed by atoms with E-state index >= 15 is 0 Å². The zero-order valence-electron chi connectivity index (χ0n) is 17.2. The lowest BCUT2D eigenvalue weighted by atomic mass is 10.0. The van der Waals surface area contributed by atoms with E-state index in [-0.39, 0.29) is 17.7 Å². The quantitative estimate of drug-likeness (QED) is 0.684. The molecule has 0 radical (unpaired) electrons. The van der Waals surface area contributed by atoms with Crippen LogP contribution in [0.1, 0.15) is 24.2 Å². The van der Waals surface area contributed by atoms with E-state index in [1.807, 2.05) is 56.3 Å². The second-order valence-corrected chi connectivity index (χ2v) is 7.35. The molecule has 0 bridgehead atoms. The Morgan fingerprint density at radius 1 is 0.931 bits per heavy atom. The maximum Gasteiger partial charge on any atom is 0.251 e. The highest BCUT2D eigenvalue weighted by Crippen LogP contribution is 2.22. The summed E-state index contributed by atoms with van der Waals surface area (Å²) in [7, 11) is 3.31. The van der Waals surface area contributed by atoms with Crippen molar-refractivity contribution in [2.45, 2.75) is 19.9 Å². The van der Waals surface area contributed by atoms with Gasteiger partial charge in [0.25, 0.3) is 5.91 Å². The van der Waals surface area contributed by atoms with Crippen LogP contribution in [0.3, 0.4) is 0 Å². The Morgan fingerprint density at radius 2 is 1.59 bits per heavy atom. The van der Waals surface area contributed by atoms with Crippen LogP contribution >= 0.6 is 0 Å². The molecule has 0 aliphatic heterocycles. The van der Waals surface area contributed by atoms with Crippen LogP contribution in [-0.2, 0) is 4.79 Å². The average Bonchev–Trinajstić information content (AvgIpc) is 2.75. The van der Waals surface area contributed by atoms with E-state index in [4.69, 9.17) is 4.74 Å². The maximum absolute atomic E-state index is 13.2. The van der Waals surface area contributed by atoms with Crippen LogP contribution in [0.5, 0.6) is 5.75 Å². The van der Waals surface area contributed by atoms with E-state index in [1.165, 1.54) is 0 Å². The van der Waals surface area contributed by atoms with Crippen LogP contribution in [0.2, 0.25) is 0 Å². The molecular formula is C24H26N2O3. The van der Waals surface area contributed by atoms with Gasteiger partial charge in [-0.15, -0.1) is 0 Å². The minimum absolute atomic E-state index is 0.0624. The summed E-state index contributed by atoms with van der Waals surface area (Å²) < 4.78 is 5.12. The van der Waals surface area contributed by atoms with Crippen molar-refractivity contribution >= 4 is 28.3 Å². The smallest absolute Gasteiger partial charge is 0.251 e. The van der Waals surface area contributed by atoms with Crippen molar-refractivity contribution in [3.8, 4) is 5.75 Å². The van der Waals surface area contributed by atoms with Gasteiger partial charge in [0.15, 0.2) is 0 Å². The average molecular weight is 390 g/mol. The van der Waals surface area contributed by atoms with Gasteiger partial charge < -0.3 is 15.0 Å². The largest absolute Gasteiger partial charge is 0.497 e. The Bertz CT molecular complexity index is 1010. The lowest BCUT2D eigenvalue weighted by Crippen LogP contribution is -2.50. The number of rotatable bonds is 6. The maximum atomic E-state index is 13.2. The second-order valence-electron chi connectivity index (χ2n) is 7.35. The lowest BCUT2D eigenvalue weighted by molar-refractivity contribution is -0.121. The number of fused-ring (bicyclic) bond motifs is 1. The number of anilines is 1. The van der Waals surface area contributed by atoms with Crippen LogP contribution < -0.4 is 15.0 Å². The normalized spacial score (nSPS) is 11.9. The molecule has 5 nitrogen and oxygen atoms in total. The zero-order valence-corrected chi connectivity index (χ0v) is 17.2. The number of carbonyl (C=O) groups excluding carboxylic acids is 2. The molecule has 1 atom stereocenters. The predicted octanol–water partition coefficient (Wildman–Crippen LogP) is 4.27. The topological polar surface area (TPSA) is 58.6 Å². The van der Waals surface area contributed by atoms with Crippen LogP contribution in [0.15, 0.2) is 66.7 Å². The first-order chi connectivity index (χ1) is 13.9. The van der Waals surface area contributed by atoms with Crippen LogP contribution in [0.4, 0.5) is 5.69 Å². The fourth-order valence-corrected chi connectivity index (χ4v) is 3.20. The molecule has 5 heteroatoms. The Balaban J connectivity index is 1.79. The van der Waals surface area contributed by atoms with E-state index in [1.54, 1.807) is 43.3 Å². The summed E-state index contributed by atoms with van der Waals surface area (Å²) in [5, 5.41) is 5.07. The third-order valence-corrected chi connectivity index (χ3v) is 5.02. The molecule has 3 aromatic carbocycles. The molecule has 150 valence electrons. The molecule has 0 heterocycles.